The summed E-state index contributed by atoms with van der Waals surface area (Å²) in [6.07, 6.45) is -0.700. The predicted molar refractivity (Wildman–Crippen MR) is 112 cm³/mol. The molecule has 2 aromatic carbocycles. The fourth-order valence-electron chi connectivity index (χ4n) is 3.73. The molecule has 0 aromatic heterocycles. The summed E-state index contributed by atoms with van der Waals surface area (Å²) in [7, 11) is 1.59. The van der Waals surface area contributed by atoms with E-state index in [1.165, 1.54) is 0 Å². The fraction of sp³-hybridized carbons (Fsp3) is 0.391. The van der Waals surface area contributed by atoms with Crippen LogP contribution in [0, 0.1) is 0 Å². The van der Waals surface area contributed by atoms with Crippen molar-refractivity contribution in [1.82, 2.24) is 10.2 Å². The Hall–Kier alpha value is -2.90. The van der Waals surface area contributed by atoms with E-state index in [9.17, 15) is 14.7 Å². The molecule has 7 nitrogen and oxygen atoms in total. The number of esters is 1. The first kappa shape index (κ1) is 21.8. The van der Waals surface area contributed by atoms with Crippen LogP contribution in [0.4, 0.5) is 0 Å². The molecule has 0 saturated carbocycles. The second-order valence-corrected chi connectivity index (χ2v) is 7.30. The maximum Gasteiger partial charge on any atom is 0.326 e. The Balaban J connectivity index is 1.86. The third kappa shape index (κ3) is 5.37. The summed E-state index contributed by atoms with van der Waals surface area (Å²) in [5.74, 6) is -0.0550. The van der Waals surface area contributed by atoms with Gasteiger partial charge in [0.25, 0.3) is 0 Å². The highest BCUT2D eigenvalue weighted by atomic mass is 16.5. The molecule has 1 fully saturated rings. The Morgan fingerprint density at radius 1 is 1.13 bits per heavy atom. The molecule has 30 heavy (non-hydrogen) atoms. The monoisotopic (exact) mass is 412 g/mol. The first-order chi connectivity index (χ1) is 14.5. The topological polar surface area (TPSA) is 88.1 Å². The highest BCUT2D eigenvalue weighted by Gasteiger charge is 2.42. The number of hydrogen-bond acceptors (Lipinski definition) is 6. The van der Waals surface area contributed by atoms with Crippen molar-refractivity contribution in [3.05, 3.63) is 65.7 Å². The molecule has 3 rings (SSSR count). The van der Waals surface area contributed by atoms with Gasteiger partial charge in [0.2, 0.25) is 5.91 Å². The minimum atomic E-state index is -1.12. The summed E-state index contributed by atoms with van der Waals surface area (Å²) < 4.78 is 10.4. The average Bonchev–Trinajstić information content (AvgIpc) is 2.85. The number of carbonyl (C=O) groups excluding carboxylic acids is 2. The van der Waals surface area contributed by atoms with Crippen LogP contribution in [0.25, 0.3) is 0 Å². The summed E-state index contributed by atoms with van der Waals surface area (Å²) in [6, 6.07) is 15.4. The number of amides is 1. The molecule has 0 radical (unpaired) electrons. The smallest absolute Gasteiger partial charge is 0.326 e. The van der Waals surface area contributed by atoms with Crippen LogP contribution in [-0.2, 0) is 27.3 Å². The third-order valence-electron chi connectivity index (χ3n) is 5.19. The zero-order valence-electron chi connectivity index (χ0n) is 17.3. The van der Waals surface area contributed by atoms with E-state index in [1.54, 1.807) is 18.9 Å². The molecule has 160 valence electrons. The van der Waals surface area contributed by atoms with Crippen LogP contribution >= 0.6 is 0 Å². The summed E-state index contributed by atoms with van der Waals surface area (Å²) in [4.78, 5) is 27.1. The summed E-state index contributed by atoms with van der Waals surface area (Å²) in [6.45, 7) is 2.22. The summed E-state index contributed by atoms with van der Waals surface area (Å²) in [5.41, 5.74) is 1.86. The number of carbonyl (C=O) groups is 2. The molecule has 2 N–H and O–H groups in total. The standard InChI is InChI=1S/C23H28N2O5/c1-3-30-23(28)21-22(27)19(13-16-7-5-4-6-8-16)24-20(26)15-25(21)14-17-9-11-18(29-2)12-10-17/h4-12,19,21-22,27H,3,13-15H2,1-2H3,(H,24,26)/t19-,21-,22-/m0/s1. The second kappa shape index (κ2) is 10.2. The fourth-order valence-corrected chi connectivity index (χ4v) is 3.73. The first-order valence-electron chi connectivity index (χ1n) is 10.1. The van der Waals surface area contributed by atoms with Gasteiger partial charge in [-0.25, -0.2) is 0 Å². The zero-order chi connectivity index (χ0) is 21.5. The highest BCUT2D eigenvalue weighted by molar-refractivity contribution is 5.82. The van der Waals surface area contributed by atoms with Crippen LogP contribution in [-0.4, -0.2) is 60.3 Å². The van der Waals surface area contributed by atoms with Crippen LogP contribution in [0.15, 0.2) is 54.6 Å². The normalized spacial score (nSPS) is 22.1. The Morgan fingerprint density at radius 3 is 2.47 bits per heavy atom. The predicted octanol–water partition coefficient (Wildman–Crippen LogP) is 1.53. The number of aliphatic hydroxyl groups excluding tert-OH is 1. The molecule has 1 amide bonds. The molecular weight excluding hydrogens is 384 g/mol. The number of hydrogen-bond donors (Lipinski definition) is 2. The molecule has 1 aliphatic heterocycles. The molecule has 0 aliphatic carbocycles. The van der Waals surface area contributed by atoms with Crippen LogP contribution in [0.5, 0.6) is 5.75 Å². The quantitative estimate of drug-likeness (QED) is 0.671. The highest BCUT2D eigenvalue weighted by Crippen LogP contribution is 2.21. The molecule has 1 aliphatic rings. The Kier molecular flexibility index (Phi) is 7.43. The van der Waals surface area contributed by atoms with E-state index in [-0.39, 0.29) is 19.1 Å². The lowest BCUT2D eigenvalue weighted by Crippen LogP contribution is -2.53. The van der Waals surface area contributed by atoms with Crippen molar-refractivity contribution in [2.45, 2.75) is 38.1 Å². The van der Waals surface area contributed by atoms with Crippen molar-refractivity contribution in [3.8, 4) is 5.75 Å². The van der Waals surface area contributed by atoms with E-state index in [1.807, 2.05) is 54.6 Å². The van der Waals surface area contributed by atoms with Gasteiger partial charge in [-0.15, -0.1) is 0 Å². The lowest BCUT2D eigenvalue weighted by Gasteiger charge is -2.32. The molecular formula is C23H28N2O5. The first-order valence-corrected chi connectivity index (χ1v) is 10.1. The maximum absolute atomic E-state index is 12.8. The minimum absolute atomic E-state index is 0.0160. The van der Waals surface area contributed by atoms with Crippen molar-refractivity contribution >= 4 is 11.9 Å². The van der Waals surface area contributed by atoms with Crippen molar-refractivity contribution in [1.29, 1.82) is 0 Å². The summed E-state index contributed by atoms with van der Waals surface area (Å²) >= 11 is 0. The maximum atomic E-state index is 12.8. The van der Waals surface area contributed by atoms with E-state index >= 15 is 0 Å². The molecule has 1 saturated heterocycles. The van der Waals surface area contributed by atoms with Gasteiger partial charge in [-0.1, -0.05) is 42.5 Å². The minimum Gasteiger partial charge on any atom is -0.497 e. The number of rotatable bonds is 7. The van der Waals surface area contributed by atoms with E-state index in [2.05, 4.69) is 5.32 Å². The van der Waals surface area contributed by atoms with Gasteiger partial charge in [-0.05, 0) is 36.6 Å². The lowest BCUT2D eigenvalue weighted by atomic mass is 9.96. The Bertz CT molecular complexity index is 840. The van der Waals surface area contributed by atoms with Crippen LogP contribution in [0.2, 0.25) is 0 Å². The SMILES string of the molecule is CCOC(=O)[C@@H]1[C@@H](O)[C@H](Cc2ccccc2)NC(=O)CN1Cc1ccc(OC)cc1. The van der Waals surface area contributed by atoms with Crippen molar-refractivity contribution in [3.63, 3.8) is 0 Å². The average molecular weight is 412 g/mol. The van der Waals surface area contributed by atoms with Crippen LogP contribution in [0.3, 0.4) is 0 Å². The Labute approximate surface area is 176 Å². The largest absolute Gasteiger partial charge is 0.497 e. The van der Waals surface area contributed by atoms with Gasteiger partial charge in [0.1, 0.15) is 17.9 Å². The van der Waals surface area contributed by atoms with Gasteiger partial charge in [0.05, 0.1) is 26.3 Å². The van der Waals surface area contributed by atoms with Crippen molar-refractivity contribution in [2.24, 2.45) is 0 Å². The molecule has 0 bridgehead atoms. The number of benzene rings is 2. The second-order valence-electron chi connectivity index (χ2n) is 7.30. The van der Waals surface area contributed by atoms with Gasteiger partial charge in [0.15, 0.2) is 0 Å². The van der Waals surface area contributed by atoms with Gasteiger partial charge in [-0.2, -0.15) is 0 Å². The van der Waals surface area contributed by atoms with Gasteiger partial charge in [-0.3, -0.25) is 14.5 Å². The number of ether oxygens (including phenoxy) is 2. The van der Waals surface area contributed by atoms with Gasteiger partial charge in [0, 0.05) is 6.54 Å². The van der Waals surface area contributed by atoms with Crippen molar-refractivity contribution < 1.29 is 24.2 Å². The number of methoxy groups -OCH3 is 1. The molecule has 3 atom stereocenters. The molecule has 2 aromatic rings. The number of nitrogens with zero attached hydrogens (tertiary/aromatic N) is 1. The lowest BCUT2D eigenvalue weighted by molar-refractivity contribution is -0.154. The summed E-state index contributed by atoms with van der Waals surface area (Å²) in [5, 5.41) is 14.0. The number of aliphatic hydroxyl groups is 1. The van der Waals surface area contributed by atoms with Crippen molar-refractivity contribution in [2.75, 3.05) is 20.3 Å². The Morgan fingerprint density at radius 2 is 1.83 bits per heavy atom. The van der Waals surface area contributed by atoms with Crippen LogP contribution < -0.4 is 10.1 Å². The zero-order valence-corrected chi connectivity index (χ0v) is 17.3. The van der Waals surface area contributed by atoms with E-state index in [0.29, 0.717) is 13.0 Å². The molecule has 7 heteroatoms. The van der Waals surface area contributed by atoms with E-state index in [0.717, 1.165) is 16.9 Å². The third-order valence-corrected chi connectivity index (χ3v) is 5.19. The van der Waals surface area contributed by atoms with E-state index < -0.39 is 24.2 Å². The van der Waals surface area contributed by atoms with Crippen LogP contribution in [0.1, 0.15) is 18.1 Å². The molecule has 0 spiro atoms. The number of nitrogens with one attached hydrogen (secondary N) is 1. The van der Waals surface area contributed by atoms with Gasteiger partial charge < -0.3 is 19.9 Å². The van der Waals surface area contributed by atoms with E-state index in [4.69, 9.17) is 9.47 Å². The molecule has 1 heterocycles. The van der Waals surface area contributed by atoms with Gasteiger partial charge >= 0.3 is 5.97 Å². The molecule has 0 unspecified atom stereocenters.